The van der Waals surface area contributed by atoms with Crippen molar-refractivity contribution in [2.75, 3.05) is 0 Å². The molecular formula is C19H23N. The second-order valence-corrected chi connectivity index (χ2v) is 7.52. The van der Waals surface area contributed by atoms with Crippen molar-refractivity contribution in [1.29, 1.82) is 0 Å². The smallest absolute Gasteiger partial charge is 0.109 e. The number of terminal acetylenes is 1. The molecule has 1 unspecified atom stereocenters. The van der Waals surface area contributed by atoms with Crippen LogP contribution in [0.2, 0.25) is 0 Å². The van der Waals surface area contributed by atoms with E-state index in [9.17, 15) is 0 Å². The molecule has 5 rings (SSSR count). The van der Waals surface area contributed by atoms with Crippen LogP contribution >= 0.6 is 0 Å². The Hall–Kier alpha value is -1.26. The van der Waals surface area contributed by atoms with Crippen molar-refractivity contribution in [2.24, 2.45) is 28.9 Å². The SMILES string of the molecule is C#CC(N)(c1ccccc1)C12CC3CC(CC(C3)C1)C2. The van der Waals surface area contributed by atoms with E-state index in [0.717, 1.165) is 23.3 Å². The van der Waals surface area contributed by atoms with Crippen LogP contribution in [0.3, 0.4) is 0 Å². The van der Waals surface area contributed by atoms with Gasteiger partial charge in [-0.3, -0.25) is 0 Å². The van der Waals surface area contributed by atoms with Crippen LogP contribution in [-0.4, -0.2) is 0 Å². The summed E-state index contributed by atoms with van der Waals surface area (Å²) >= 11 is 0. The maximum absolute atomic E-state index is 6.88. The van der Waals surface area contributed by atoms with Crippen molar-refractivity contribution >= 4 is 0 Å². The molecule has 0 spiro atoms. The van der Waals surface area contributed by atoms with Crippen LogP contribution < -0.4 is 5.73 Å². The van der Waals surface area contributed by atoms with Gasteiger partial charge >= 0.3 is 0 Å². The van der Waals surface area contributed by atoms with E-state index in [1.54, 1.807) is 0 Å². The Morgan fingerprint density at radius 2 is 1.50 bits per heavy atom. The average Bonchev–Trinajstić information content (AvgIpc) is 2.46. The number of hydrogen-bond donors (Lipinski definition) is 1. The van der Waals surface area contributed by atoms with Crippen LogP contribution in [-0.2, 0) is 5.54 Å². The van der Waals surface area contributed by atoms with Crippen molar-refractivity contribution in [3.63, 3.8) is 0 Å². The first-order valence-electron chi connectivity index (χ1n) is 7.97. The number of nitrogens with two attached hydrogens (primary N) is 1. The van der Waals surface area contributed by atoms with Gasteiger partial charge in [-0.2, -0.15) is 0 Å². The summed E-state index contributed by atoms with van der Waals surface area (Å²) in [6.45, 7) is 0. The lowest BCUT2D eigenvalue weighted by molar-refractivity contribution is -0.0848. The Morgan fingerprint density at radius 3 is 1.95 bits per heavy atom. The number of hydrogen-bond acceptors (Lipinski definition) is 1. The van der Waals surface area contributed by atoms with Gasteiger partial charge in [0.1, 0.15) is 5.54 Å². The van der Waals surface area contributed by atoms with Gasteiger partial charge in [0.15, 0.2) is 0 Å². The predicted octanol–water partition coefficient (Wildman–Crippen LogP) is 3.69. The molecule has 20 heavy (non-hydrogen) atoms. The van der Waals surface area contributed by atoms with E-state index >= 15 is 0 Å². The van der Waals surface area contributed by atoms with Gasteiger partial charge in [-0.1, -0.05) is 36.3 Å². The molecule has 104 valence electrons. The third-order valence-electron chi connectivity index (χ3n) is 6.33. The van der Waals surface area contributed by atoms with E-state index in [0.29, 0.717) is 0 Å². The largest absolute Gasteiger partial charge is 0.311 e. The van der Waals surface area contributed by atoms with E-state index < -0.39 is 5.54 Å². The maximum atomic E-state index is 6.88. The molecule has 1 atom stereocenters. The molecule has 0 radical (unpaired) electrons. The summed E-state index contributed by atoms with van der Waals surface area (Å²) in [6.07, 6.45) is 14.0. The highest BCUT2D eigenvalue weighted by molar-refractivity contribution is 5.37. The Kier molecular flexibility index (Phi) is 2.57. The van der Waals surface area contributed by atoms with Gasteiger partial charge in [-0.15, -0.1) is 6.42 Å². The maximum Gasteiger partial charge on any atom is 0.109 e. The van der Waals surface area contributed by atoms with Crippen LogP contribution in [0.1, 0.15) is 44.1 Å². The molecule has 4 fully saturated rings. The monoisotopic (exact) mass is 265 g/mol. The zero-order valence-electron chi connectivity index (χ0n) is 12.0. The number of benzene rings is 1. The Balaban J connectivity index is 1.80. The number of rotatable bonds is 2. The molecule has 4 saturated carbocycles. The van der Waals surface area contributed by atoms with Crippen LogP contribution in [0, 0.1) is 35.5 Å². The molecule has 4 aliphatic rings. The van der Waals surface area contributed by atoms with E-state index in [4.69, 9.17) is 12.2 Å². The first-order valence-corrected chi connectivity index (χ1v) is 7.97. The normalized spacial score (nSPS) is 41.1. The van der Waals surface area contributed by atoms with E-state index in [-0.39, 0.29) is 5.41 Å². The molecule has 4 aliphatic carbocycles. The van der Waals surface area contributed by atoms with Crippen LogP contribution in [0.4, 0.5) is 0 Å². The van der Waals surface area contributed by atoms with Gasteiger partial charge in [-0.25, -0.2) is 0 Å². The molecule has 0 heterocycles. The molecule has 2 N–H and O–H groups in total. The Morgan fingerprint density at radius 1 is 1.00 bits per heavy atom. The minimum atomic E-state index is -0.579. The van der Waals surface area contributed by atoms with E-state index in [1.165, 1.54) is 38.5 Å². The molecule has 0 amide bonds. The molecular weight excluding hydrogens is 242 g/mol. The first kappa shape index (κ1) is 12.5. The average molecular weight is 265 g/mol. The summed E-state index contributed by atoms with van der Waals surface area (Å²) < 4.78 is 0. The molecule has 0 aliphatic heterocycles. The second kappa shape index (κ2) is 4.12. The summed E-state index contributed by atoms with van der Waals surface area (Å²) in [5.74, 6) is 5.66. The lowest BCUT2D eigenvalue weighted by Crippen LogP contribution is -2.60. The van der Waals surface area contributed by atoms with Gasteiger partial charge in [0.2, 0.25) is 0 Å². The topological polar surface area (TPSA) is 26.0 Å². The molecule has 1 aromatic carbocycles. The van der Waals surface area contributed by atoms with E-state index in [2.05, 4.69) is 30.2 Å². The fraction of sp³-hybridized carbons (Fsp3) is 0.579. The lowest BCUT2D eigenvalue weighted by atomic mass is 9.44. The van der Waals surface area contributed by atoms with Crippen molar-refractivity contribution in [2.45, 2.75) is 44.1 Å². The van der Waals surface area contributed by atoms with Gasteiger partial charge in [-0.05, 0) is 61.8 Å². The third-order valence-corrected chi connectivity index (χ3v) is 6.33. The van der Waals surface area contributed by atoms with Crippen LogP contribution in [0.25, 0.3) is 0 Å². The fourth-order valence-electron chi connectivity index (χ4n) is 5.84. The van der Waals surface area contributed by atoms with Crippen LogP contribution in [0.15, 0.2) is 30.3 Å². The van der Waals surface area contributed by atoms with Crippen molar-refractivity contribution < 1.29 is 0 Å². The van der Waals surface area contributed by atoms with Crippen molar-refractivity contribution in [3.05, 3.63) is 35.9 Å². The summed E-state index contributed by atoms with van der Waals surface area (Å²) in [4.78, 5) is 0. The highest BCUT2D eigenvalue weighted by atomic mass is 14.8. The molecule has 0 saturated heterocycles. The van der Waals surface area contributed by atoms with Gasteiger partial charge in [0.05, 0.1) is 0 Å². The molecule has 1 aromatic rings. The van der Waals surface area contributed by atoms with Gasteiger partial charge in [0.25, 0.3) is 0 Å². The predicted molar refractivity (Wildman–Crippen MR) is 81.7 cm³/mol. The third kappa shape index (κ3) is 1.55. The molecule has 4 bridgehead atoms. The molecule has 1 nitrogen and oxygen atoms in total. The summed E-state index contributed by atoms with van der Waals surface area (Å²) in [5, 5.41) is 0. The van der Waals surface area contributed by atoms with Crippen molar-refractivity contribution in [3.8, 4) is 12.3 Å². The van der Waals surface area contributed by atoms with Gasteiger partial charge < -0.3 is 5.73 Å². The van der Waals surface area contributed by atoms with Crippen LogP contribution in [0.5, 0.6) is 0 Å². The lowest BCUT2D eigenvalue weighted by Gasteiger charge is -2.61. The Labute approximate surface area is 121 Å². The molecule has 0 aromatic heterocycles. The van der Waals surface area contributed by atoms with Gasteiger partial charge in [0, 0.05) is 5.41 Å². The quantitative estimate of drug-likeness (QED) is 0.811. The first-order chi connectivity index (χ1) is 9.65. The summed E-state index contributed by atoms with van der Waals surface area (Å²) in [6, 6.07) is 10.4. The zero-order valence-corrected chi connectivity index (χ0v) is 12.0. The minimum absolute atomic E-state index is 0.151. The highest BCUT2D eigenvalue weighted by Gasteiger charge is 2.59. The Bertz CT molecular complexity index is 518. The second-order valence-electron chi connectivity index (χ2n) is 7.52. The minimum Gasteiger partial charge on any atom is -0.311 e. The standard InChI is InChI=1S/C19H23N/c1-2-19(20,17-6-4-3-5-7-17)18-11-14-8-15(12-18)10-16(9-14)13-18/h1,3-7,14-16H,8-13,20H2. The fourth-order valence-corrected chi connectivity index (χ4v) is 5.84. The summed E-state index contributed by atoms with van der Waals surface area (Å²) in [7, 11) is 0. The molecule has 1 heteroatoms. The zero-order chi connectivity index (χ0) is 13.8. The van der Waals surface area contributed by atoms with E-state index in [1.807, 2.05) is 6.07 Å². The summed E-state index contributed by atoms with van der Waals surface area (Å²) in [5.41, 5.74) is 7.60. The van der Waals surface area contributed by atoms with Crippen molar-refractivity contribution in [1.82, 2.24) is 0 Å². The highest BCUT2D eigenvalue weighted by Crippen LogP contribution is 2.64.